The summed E-state index contributed by atoms with van der Waals surface area (Å²) in [6, 6.07) is 13.5. The van der Waals surface area contributed by atoms with Gasteiger partial charge in [0.15, 0.2) is 0 Å². The van der Waals surface area contributed by atoms with Gasteiger partial charge < -0.3 is 14.8 Å². The van der Waals surface area contributed by atoms with Crippen LogP contribution in [-0.4, -0.2) is 23.7 Å². The zero-order chi connectivity index (χ0) is 19.9. The number of para-hydroxylation sites is 1. The van der Waals surface area contributed by atoms with E-state index in [1.54, 1.807) is 6.07 Å². The summed E-state index contributed by atoms with van der Waals surface area (Å²) in [5, 5.41) is 13.8. The first kappa shape index (κ1) is 19.8. The number of unbranched alkanes of at least 4 members (excludes halogenated alkanes) is 1. The van der Waals surface area contributed by atoms with Crippen LogP contribution in [0.5, 0.6) is 5.75 Å². The number of carbonyl (C=O) groups excluding carboxylic acids is 1. The third-order valence-corrected chi connectivity index (χ3v) is 4.78. The van der Waals surface area contributed by atoms with Gasteiger partial charge in [-0.05, 0) is 18.6 Å². The number of nitro groups is 1. The normalized spacial score (nSPS) is 16.5. The van der Waals surface area contributed by atoms with Crippen LogP contribution in [0, 0.1) is 16.0 Å². The zero-order valence-corrected chi connectivity index (χ0v) is 15.8. The van der Waals surface area contributed by atoms with Crippen molar-refractivity contribution in [3.8, 4) is 5.75 Å². The Bertz CT molecular complexity index is 839. The molecule has 1 aliphatic heterocycles. The molecule has 2 aromatic carbocycles. The summed E-state index contributed by atoms with van der Waals surface area (Å²) in [6.45, 7) is 2.95. The highest BCUT2D eigenvalue weighted by Crippen LogP contribution is 2.29. The van der Waals surface area contributed by atoms with Gasteiger partial charge in [-0.3, -0.25) is 14.9 Å². The number of hydrogen-bond donors (Lipinski definition) is 1. The van der Waals surface area contributed by atoms with Gasteiger partial charge in [-0.1, -0.05) is 44.0 Å². The lowest BCUT2D eigenvalue weighted by Gasteiger charge is -2.32. The molecule has 0 radical (unpaired) electrons. The predicted molar refractivity (Wildman–Crippen MR) is 104 cm³/mol. The fraction of sp³-hybridized carbons (Fsp3) is 0.381. The maximum absolute atomic E-state index is 12.5. The number of benzene rings is 2. The molecule has 148 valence electrons. The fourth-order valence-electron chi connectivity index (χ4n) is 3.19. The Morgan fingerprint density at radius 3 is 2.89 bits per heavy atom. The first-order valence-electron chi connectivity index (χ1n) is 9.47. The van der Waals surface area contributed by atoms with E-state index in [1.165, 1.54) is 18.2 Å². The fourth-order valence-corrected chi connectivity index (χ4v) is 3.19. The van der Waals surface area contributed by atoms with E-state index in [0.717, 1.165) is 30.6 Å². The lowest BCUT2D eigenvalue weighted by atomic mass is 10.00. The molecule has 7 nitrogen and oxygen atoms in total. The third kappa shape index (κ3) is 4.86. The van der Waals surface area contributed by atoms with E-state index in [2.05, 4.69) is 12.2 Å². The van der Waals surface area contributed by atoms with Gasteiger partial charge in [0.05, 0.1) is 11.5 Å². The van der Waals surface area contributed by atoms with Crippen LogP contribution in [0.4, 0.5) is 5.69 Å². The van der Waals surface area contributed by atoms with E-state index in [-0.39, 0.29) is 23.1 Å². The van der Waals surface area contributed by atoms with Crippen LogP contribution in [0.15, 0.2) is 48.5 Å². The van der Waals surface area contributed by atoms with E-state index in [1.807, 2.05) is 24.3 Å². The molecule has 1 aliphatic rings. The average molecular weight is 384 g/mol. The minimum Gasteiger partial charge on any atom is -0.464 e. The van der Waals surface area contributed by atoms with E-state index in [4.69, 9.17) is 9.47 Å². The average Bonchev–Trinajstić information content (AvgIpc) is 2.73. The molecule has 3 rings (SSSR count). The topological polar surface area (TPSA) is 90.7 Å². The minimum absolute atomic E-state index is 0.0176. The molecule has 1 heterocycles. The van der Waals surface area contributed by atoms with Crippen LogP contribution in [0.2, 0.25) is 0 Å². The van der Waals surface area contributed by atoms with Gasteiger partial charge in [0, 0.05) is 35.7 Å². The molecule has 0 saturated heterocycles. The van der Waals surface area contributed by atoms with Crippen molar-refractivity contribution in [2.75, 3.05) is 6.54 Å². The molecule has 0 saturated carbocycles. The second-order valence-electron chi connectivity index (χ2n) is 6.82. The smallest absolute Gasteiger partial charge is 0.270 e. The third-order valence-electron chi connectivity index (χ3n) is 4.78. The minimum atomic E-state index is -0.512. The number of nitrogens with zero attached hydrogens (tertiary/aromatic N) is 1. The van der Waals surface area contributed by atoms with Crippen LogP contribution in [0.25, 0.3) is 0 Å². The Kier molecular flexibility index (Phi) is 6.60. The Labute approximate surface area is 163 Å². The van der Waals surface area contributed by atoms with Crippen molar-refractivity contribution in [3.05, 3.63) is 69.8 Å². The summed E-state index contributed by atoms with van der Waals surface area (Å²) in [5.74, 6) is 0.447. The predicted octanol–water partition coefficient (Wildman–Crippen LogP) is 4.07. The molecule has 2 atom stereocenters. The molecule has 0 bridgehead atoms. The summed E-state index contributed by atoms with van der Waals surface area (Å²) in [7, 11) is 0. The van der Waals surface area contributed by atoms with E-state index < -0.39 is 11.2 Å². The Morgan fingerprint density at radius 1 is 1.29 bits per heavy atom. The first-order valence-corrected chi connectivity index (χ1v) is 9.47. The largest absolute Gasteiger partial charge is 0.464 e. The Balaban J connectivity index is 1.65. The highest BCUT2D eigenvalue weighted by molar-refractivity contribution is 5.94. The SMILES string of the molecule is CCCCC(CNC(=O)c1cccc([N+](=O)[O-])c1)C1OCc2ccccc2O1. The monoisotopic (exact) mass is 384 g/mol. The number of carbonyl (C=O) groups is 1. The van der Waals surface area contributed by atoms with Crippen molar-refractivity contribution in [2.45, 2.75) is 39.1 Å². The lowest BCUT2D eigenvalue weighted by molar-refractivity contribution is -0.384. The zero-order valence-electron chi connectivity index (χ0n) is 15.8. The Morgan fingerprint density at radius 2 is 2.11 bits per heavy atom. The van der Waals surface area contributed by atoms with Gasteiger partial charge in [-0.15, -0.1) is 0 Å². The Hall–Kier alpha value is -2.93. The van der Waals surface area contributed by atoms with Gasteiger partial charge in [0.25, 0.3) is 11.6 Å². The lowest BCUT2D eigenvalue weighted by Crippen LogP contribution is -2.40. The molecule has 0 aliphatic carbocycles. The van der Waals surface area contributed by atoms with Crippen LogP contribution in [0.3, 0.4) is 0 Å². The van der Waals surface area contributed by atoms with Crippen LogP contribution >= 0.6 is 0 Å². The van der Waals surface area contributed by atoms with Crippen LogP contribution in [-0.2, 0) is 11.3 Å². The summed E-state index contributed by atoms with van der Waals surface area (Å²) in [4.78, 5) is 22.9. The summed E-state index contributed by atoms with van der Waals surface area (Å²) in [6.07, 6.45) is 2.42. The number of non-ortho nitro benzene ring substituents is 1. The summed E-state index contributed by atoms with van der Waals surface area (Å²) < 4.78 is 11.9. The van der Waals surface area contributed by atoms with Gasteiger partial charge in [-0.2, -0.15) is 0 Å². The maximum atomic E-state index is 12.5. The number of fused-ring (bicyclic) bond motifs is 1. The maximum Gasteiger partial charge on any atom is 0.270 e. The molecular formula is C21H24N2O5. The number of nitrogens with one attached hydrogen (secondary N) is 1. The van der Waals surface area contributed by atoms with Gasteiger partial charge >= 0.3 is 0 Å². The molecule has 28 heavy (non-hydrogen) atoms. The second-order valence-corrected chi connectivity index (χ2v) is 6.82. The standard InChI is InChI=1S/C21H24N2O5/c1-2-3-7-16(21-27-14-17-8-4-5-11-19(17)28-21)13-22-20(24)15-9-6-10-18(12-15)23(25)26/h4-6,8-12,16,21H,2-3,7,13-14H2,1H3,(H,22,24). The van der Waals surface area contributed by atoms with E-state index in [9.17, 15) is 14.9 Å². The molecule has 1 N–H and O–H groups in total. The highest BCUT2D eigenvalue weighted by atomic mass is 16.7. The first-order chi connectivity index (χ1) is 13.6. The van der Waals surface area contributed by atoms with Crippen LogP contribution in [0.1, 0.15) is 42.1 Å². The molecule has 7 heteroatoms. The van der Waals surface area contributed by atoms with Gasteiger partial charge in [0.1, 0.15) is 5.75 Å². The van der Waals surface area contributed by atoms with Crippen molar-refractivity contribution in [1.29, 1.82) is 0 Å². The molecule has 2 unspecified atom stereocenters. The number of rotatable bonds is 8. The quantitative estimate of drug-likeness (QED) is 0.547. The van der Waals surface area contributed by atoms with Gasteiger partial charge in [0.2, 0.25) is 6.29 Å². The van der Waals surface area contributed by atoms with Gasteiger partial charge in [-0.25, -0.2) is 0 Å². The number of hydrogen-bond acceptors (Lipinski definition) is 5. The van der Waals surface area contributed by atoms with Crippen molar-refractivity contribution in [2.24, 2.45) is 5.92 Å². The molecule has 2 aromatic rings. The highest BCUT2D eigenvalue weighted by Gasteiger charge is 2.28. The van der Waals surface area contributed by atoms with Crippen LogP contribution < -0.4 is 10.1 Å². The van der Waals surface area contributed by atoms with E-state index in [0.29, 0.717) is 13.2 Å². The van der Waals surface area contributed by atoms with Crippen molar-refractivity contribution in [1.82, 2.24) is 5.32 Å². The molecular weight excluding hydrogens is 360 g/mol. The molecule has 0 aromatic heterocycles. The number of ether oxygens (including phenoxy) is 2. The van der Waals surface area contributed by atoms with Crippen molar-refractivity contribution >= 4 is 11.6 Å². The molecule has 1 amide bonds. The molecule has 0 spiro atoms. The van der Waals surface area contributed by atoms with E-state index >= 15 is 0 Å². The number of nitro benzene ring substituents is 1. The summed E-state index contributed by atoms with van der Waals surface area (Å²) >= 11 is 0. The summed E-state index contributed by atoms with van der Waals surface area (Å²) in [5.41, 5.74) is 1.17. The van der Waals surface area contributed by atoms with Crippen molar-refractivity contribution < 1.29 is 19.2 Å². The second kappa shape index (κ2) is 9.32. The van der Waals surface area contributed by atoms with Crippen molar-refractivity contribution in [3.63, 3.8) is 0 Å². The molecule has 0 fully saturated rings. The number of amides is 1.